The minimum absolute atomic E-state index is 0.591. The van der Waals surface area contributed by atoms with Crippen molar-refractivity contribution in [2.45, 2.75) is 6.42 Å². The molecule has 3 heteroatoms. The average Bonchev–Trinajstić information content (AvgIpc) is 1.82. The second-order valence-electron chi connectivity index (χ2n) is 3.78. The topological polar surface area (TPSA) is 36.1 Å². The van der Waals surface area contributed by atoms with Gasteiger partial charge in [0.15, 0.2) is 0 Å². The molecule has 3 nitrogen and oxygen atoms in total. The summed E-state index contributed by atoms with van der Waals surface area (Å²) in [5.41, 5.74) is 0.591. The van der Waals surface area contributed by atoms with Crippen LogP contribution < -0.4 is 16.0 Å². The van der Waals surface area contributed by atoms with Gasteiger partial charge in [-0.3, -0.25) is 0 Å². The van der Waals surface area contributed by atoms with Crippen LogP contribution in [-0.4, -0.2) is 39.3 Å². The lowest BCUT2D eigenvalue weighted by atomic mass is 9.78. The SMILES string of the molecule is C1CNCC2(CCN1)CNC2. The van der Waals surface area contributed by atoms with Crippen LogP contribution in [0.4, 0.5) is 0 Å². The first-order valence-corrected chi connectivity index (χ1v) is 4.54. The molecule has 0 bridgehead atoms. The molecular formula is C8H17N3. The molecule has 64 valence electrons. The maximum absolute atomic E-state index is 3.48. The van der Waals surface area contributed by atoms with Crippen LogP contribution >= 0.6 is 0 Å². The van der Waals surface area contributed by atoms with Crippen molar-refractivity contribution in [2.75, 3.05) is 39.3 Å². The highest BCUT2D eigenvalue weighted by Gasteiger charge is 2.36. The van der Waals surface area contributed by atoms with Crippen LogP contribution in [-0.2, 0) is 0 Å². The molecule has 2 aliphatic rings. The lowest BCUT2D eigenvalue weighted by Gasteiger charge is -2.44. The van der Waals surface area contributed by atoms with Crippen molar-refractivity contribution in [3.63, 3.8) is 0 Å². The Labute approximate surface area is 67.9 Å². The highest BCUT2D eigenvalue weighted by atomic mass is 15.1. The fourth-order valence-corrected chi connectivity index (χ4v) is 1.88. The van der Waals surface area contributed by atoms with Crippen LogP contribution in [0.15, 0.2) is 0 Å². The molecule has 0 aromatic rings. The minimum atomic E-state index is 0.591. The third-order valence-electron chi connectivity index (χ3n) is 2.81. The van der Waals surface area contributed by atoms with Crippen molar-refractivity contribution < 1.29 is 0 Å². The molecule has 3 N–H and O–H groups in total. The fourth-order valence-electron chi connectivity index (χ4n) is 1.88. The summed E-state index contributed by atoms with van der Waals surface area (Å²) in [6.07, 6.45) is 1.33. The molecule has 0 aromatic carbocycles. The standard InChI is InChI=1S/C8H17N3/c1-2-9-3-4-10-5-8(1)6-11-7-8/h9-11H,1-7H2. The maximum atomic E-state index is 3.48. The van der Waals surface area contributed by atoms with Crippen molar-refractivity contribution >= 4 is 0 Å². The molecule has 1 spiro atoms. The van der Waals surface area contributed by atoms with Crippen molar-refractivity contribution in [3.05, 3.63) is 0 Å². The molecule has 11 heavy (non-hydrogen) atoms. The quantitative estimate of drug-likeness (QED) is 0.427. The van der Waals surface area contributed by atoms with Gasteiger partial charge in [0.05, 0.1) is 0 Å². The molecule has 2 saturated heterocycles. The Hall–Kier alpha value is -0.120. The van der Waals surface area contributed by atoms with Gasteiger partial charge in [0.2, 0.25) is 0 Å². The molecule has 0 saturated carbocycles. The van der Waals surface area contributed by atoms with Gasteiger partial charge >= 0.3 is 0 Å². The summed E-state index contributed by atoms with van der Waals surface area (Å²) >= 11 is 0. The van der Waals surface area contributed by atoms with Crippen LogP contribution in [0.2, 0.25) is 0 Å². The smallest absolute Gasteiger partial charge is 0.00892 e. The average molecular weight is 155 g/mol. The number of rotatable bonds is 0. The Morgan fingerprint density at radius 3 is 2.18 bits per heavy atom. The minimum Gasteiger partial charge on any atom is -0.315 e. The molecule has 0 aromatic heterocycles. The highest BCUT2D eigenvalue weighted by Crippen LogP contribution is 2.25. The first-order chi connectivity index (χ1) is 5.41. The summed E-state index contributed by atoms with van der Waals surface area (Å²) in [6, 6.07) is 0. The molecule has 0 unspecified atom stereocenters. The zero-order chi connectivity index (χ0) is 7.57. The van der Waals surface area contributed by atoms with E-state index < -0.39 is 0 Å². The molecule has 2 aliphatic heterocycles. The first kappa shape index (κ1) is 7.53. The van der Waals surface area contributed by atoms with E-state index >= 15 is 0 Å². The van der Waals surface area contributed by atoms with Crippen LogP contribution in [0.3, 0.4) is 0 Å². The van der Waals surface area contributed by atoms with E-state index in [9.17, 15) is 0 Å². The molecule has 2 rings (SSSR count). The Morgan fingerprint density at radius 1 is 0.727 bits per heavy atom. The van der Waals surface area contributed by atoms with Crippen molar-refractivity contribution in [2.24, 2.45) is 5.41 Å². The summed E-state index contributed by atoms with van der Waals surface area (Å²) < 4.78 is 0. The summed E-state index contributed by atoms with van der Waals surface area (Å²) in [7, 11) is 0. The highest BCUT2D eigenvalue weighted by molar-refractivity contribution is 4.95. The van der Waals surface area contributed by atoms with Gasteiger partial charge in [-0.05, 0) is 13.0 Å². The lowest BCUT2D eigenvalue weighted by molar-refractivity contribution is 0.141. The Bertz CT molecular complexity index is 121. The Balaban J connectivity index is 1.86. The van der Waals surface area contributed by atoms with E-state index in [0.29, 0.717) is 5.41 Å². The van der Waals surface area contributed by atoms with E-state index in [0.717, 1.165) is 13.1 Å². The maximum Gasteiger partial charge on any atom is 0.00892 e. The van der Waals surface area contributed by atoms with Crippen LogP contribution in [0, 0.1) is 5.41 Å². The van der Waals surface area contributed by atoms with Crippen molar-refractivity contribution in [1.29, 1.82) is 0 Å². The van der Waals surface area contributed by atoms with E-state index in [4.69, 9.17) is 0 Å². The summed E-state index contributed by atoms with van der Waals surface area (Å²) in [6.45, 7) is 7.08. The fraction of sp³-hybridized carbons (Fsp3) is 1.00. The van der Waals surface area contributed by atoms with Crippen LogP contribution in [0.5, 0.6) is 0 Å². The van der Waals surface area contributed by atoms with Gasteiger partial charge in [-0.25, -0.2) is 0 Å². The number of hydrogen-bond acceptors (Lipinski definition) is 3. The van der Waals surface area contributed by atoms with E-state index in [-0.39, 0.29) is 0 Å². The molecule has 2 heterocycles. The summed E-state index contributed by atoms with van der Waals surface area (Å²) in [4.78, 5) is 0. The third kappa shape index (κ3) is 1.55. The van der Waals surface area contributed by atoms with Gasteiger partial charge in [0.25, 0.3) is 0 Å². The normalized spacial score (nSPS) is 30.5. The van der Waals surface area contributed by atoms with Gasteiger partial charge in [0, 0.05) is 38.1 Å². The molecule has 0 amide bonds. The second kappa shape index (κ2) is 3.09. The van der Waals surface area contributed by atoms with Gasteiger partial charge in [0.1, 0.15) is 0 Å². The first-order valence-electron chi connectivity index (χ1n) is 4.54. The molecule has 0 radical (unpaired) electrons. The molecular weight excluding hydrogens is 138 g/mol. The van der Waals surface area contributed by atoms with Crippen LogP contribution in [0.25, 0.3) is 0 Å². The predicted molar refractivity (Wildman–Crippen MR) is 45.7 cm³/mol. The van der Waals surface area contributed by atoms with Gasteiger partial charge in [-0.2, -0.15) is 0 Å². The van der Waals surface area contributed by atoms with Gasteiger partial charge in [-0.15, -0.1) is 0 Å². The third-order valence-corrected chi connectivity index (χ3v) is 2.81. The molecule has 2 fully saturated rings. The number of nitrogens with one attached hydrogen (secondary N) is 3. The van der Waals surface area contributed by atoms with Crippen molar-refractivity contribution in [3.8, 4) is 0 Å². The Morgan fingerprint density at radius 2 is 1.45 bits per heavy atom. The van der Waals surface area contributed by atoms with Crippen molar-refractivity contribution in [1.82, 2.24) is 16.0 Å². The Kier molecular flexibility index (Phi) is 2.11. The second-order valence-corrected chi connectivity index (χ2v) is 3.78. The van der Waals surface area contributed by atoms with Gasteiger partial charge < -0.3 is 16.0 Å². The van der Waals surface area contributed by atoms with Gasteiger partial charge in [-0.1, -0.05) is 0 Å². The van der Waals surface area contributed by atoms with E-state index in [1.54, 1.807) is 0 Å². The predicted octanol–water partition coefficient (Wildman–Crippen LogP) is -0.841. The number of hydrogen-bond donors (Lipinski definition) is 3. The lowest BCUT2D eigenvalue weighted by Crippen LogP contribution is -2.60. The van der Waals surface area contributed by atoms with E-state index in [1.165, 1.54) is 32.6 Å². The molecule has 0 aliphatic carbocycles. The largest absolute Gasteiger partial charge is 0.315 e. The summed E-state index contributed by atoms with van der Waals surface area (Å²) in [5.74, 6) is 0. The summed E-state index contributed by atoms with van der Waals surface area (Å²) in [5, 5.41) is 10.2. The monoisotopic (exact) mass is 155 g/mol. The van der Waals surface area contributed by atoms with Crippen LogP contribution in [0.1, 0.15) is 6.42 Å². The van der Waals surface area contributed by atoms with E-state index in [2.05, 4.69) is 16.0 Å². The zero-order valence-corrected chi connectivity index (χ0v) is 6.95. The molecule has 0 atom stereocenters. The zero-order valence-electron chi connectivity index (χ0n) is 6.95. The van der Waals surface area contributed by atoms with E-state index in [1.807, 2.05) is 0 Å².